The summed E-state index contributed by atoms with van der Waals surface area (Å²) in [5.41, 5.74) is 2.55. The van der Waals surface area contributed by atoms with Gasteiger partial charge in [0.15, 0.2) is 0 Å². The number of rotatable bonds is 6. The number of nitrogens with one attached hydrogen (secondary N) is 3. The van der Waals surface area contributed by atoms with E-state index in [0.717, 1.165) is 58.1 Å². The molecule has 1 aliphatic carbocycles. The van der Waals surface area contributed by atoms with Crippen LogP contribution >= 0.6 is 0 Å². The van der Waals surface area contributed by atoms with E-state index in [0.29, 0.717) is 19.0 Å². The van der Waals surface area contributed by atoms with Crippen LogP contribution in [0.4, 0.5) is 0 Å². The number of hydrogen-bond acceptors (Lipinski definition) is 4. The summed E-state index contributed by atoms with van der Waals surface area (Å²) in [6.45, 7) is 2.93. The molecule has 1 aromatic rings. The molecule has 2 atom stereocenters. The Morgan fingerprint density at radius 1 is 0.966 bits per heavy atom. The maximum absolute atomic E-state index is 12.6. The molecule has 0 unspecified atom stereocenters. The molecule has 1 aromatic carbocycles. The third kappa shape index (κ3) is 5.37. The van der Waals surface area contributed by atoms with Crippen molar-refractivity contribution in [1.82, 2.24) is 16.0 Å². The van der Waals surface area contributed by atoms with Crippen molar-refractivity contribution in [3.8, 4) is 0 Å². The van der Waals surface area contributed by atoms with E-state index >= 15 is 0 Å². The van der Waals surface area contributed by atoms with Crippen LogP contribution in [-0.4, -0.2) is 43.7 Å². The summed E-state index contributed by atoms with van der Waals surface area (Å²) in [5.74, 6) is 0.848. The SMILES string of the molecule is O=C(NC[C@@H]1CCCO1)C1CCC(CNC(=O)[C@H]2Cc3ccccc3CN2)CC1. The Balaban J connectivity index is 1.14. The summed E-state index contributed by atoms with van der Waals surface area (Å²) >= 11 is 0. The molecular formula is C23H33N3O3. The van der Waals surface area contributed by atoms with Crippen molar-refractivity contribution in [3.63, 3.8) is 0 Å². The van der Waals surface area contributed by atoms with Gasteiger partial charge < -0.3 is 20.7 Å². The molecule has 2 heterocycles. The maximum Gasteiger partial charge on any atom is 0.237 e. The van der Waals surface area contributed by atoms with Gasteiger partial charge in [0, 0.05) is 32.2 Å². The van der Waals surface area contributed by atoms with Crippen LogP contribution in [0.1, 0.15) is 49.7 Å². The second kappa shape index (κ2) is 9.72. The van der Waals surface area contributed by atoms with Gasteiger partial charge in [-0.2, -0.15) is 0 Å². The van der Waals surface area contributed by atoms with E-state index in [-0.39, 0.29) is 29.9 Å². The van der Waals surface area contributed by atoms with Gasteiger partial charge >= 0.3 is 0 Å². The van der Waals surface area contributed by atoms with Gasteiger partial charge in [-0.3, -0.25) is 9.59 Å². The fourth-order valence-electron chi connectivity index (χ4n) is 4.80. The minimum atomic E-state index is -0.148. The molecule has 0 aromatic heterocycles. The van der Waals surface area contributed by atoms with Gasteiger partial charge in [-0.25, -0.2) is 0 Å². The number of carbonyl (C=O) groups excluding carboxylic acids is 2. The molecule has 1 saturated carbocycles. The zero-order valence-electron chi connectivity index (χ0n) is 17.1. The number of benzene rings is 1. The number of carbonyl (C=O) groups is 2. The lowest BCUT2D eigenvalue weighted by Crippen LogP contribution is -2.48. The van der Waals surface area contributed by atoms with Crippen LogP contribution in [0.15, 0.2) is 24.3 Å². The van der Waals surface area contributed by atoms with E-state index in [9.17, 15) is 9.59 Å². The summed E-state index contributed by atoms with van der Waals surface area (Å²) in [6, 6.07) is 8.16. The average molecular weight is 400 g/mol. The molecule has 2 amide bonds. The molecule has 1 saturated heterocycles. The molecule has 2 aliphatic heterocycles. The molecule has 3 N–H and O–H groups in total. The van der Waals surface area contributed by atoms with Crippen molar-refractivity contribution in [1.29, 1.82) is 0 Å². The van der Waals surface area contributed by atoms with E-state index in [1.54, 1.807) is 0 Å². The standard InChI is InChI=1S/C23H33N3O3/c27-22(26-15-20-6-3-11-29-20)17-9-7-16(8-10-17)13-25-23(28)21-12-18-4-1-2-5-19(18)14-24-21/h1-2,4-5,16-17,20-21,24H,3,6-15H2,(H,25,28)(H,26,27)/t16?,17?,20-,21+/m0/s1. The number of amides is 2. The quantitative estimate of drug-likeness (QED) is 0.683. The zero-order valence-corrected chi connectivity index (χ0v) is 17.1. The van der Waals surface area contributed by atoms with E-state index in [1.807, 2.05) is 12.1 Å². The summed E-state index contributed by atoms with van der Waals surface area (Å²) in [6.07, 6.45) is 6.91. The molecule has 0 spiro atoms. The van der Waals surface area contributed by atoms with E-state index in [4.69, 9.17) is 4.74 Å². The fraction of sp³-hybridized carbons (Fsp3) is 0.652. The van der Waals surface area contributed by atoms with Gasteiger partial charge in [0.25, 0.3) is 0 Å². The largest absolute Gasteiger partial charge is 0.376 e. The lowest BCUT2D eigenvalue weighted by atomic mass is 9.81. The van der Waals surface area contributed by atoms with Crippen molar-refractivity contribution in [2.45, 2.75) is 63.6 Å². The van der Waals surface area contributed by atoms with Crippen molar-refractivity contribution >= 4 is 11.8 Å². The zero-order chi connectivity index (χ0) is 20.1. The van der Waals surface area contributed by atoms with Crippen LogP contribution in [0.3, 0.4) is 0 Å². The molecule has 6 nitrogen and oxygen atoms in total. The molecule has 6 heteroatoms. The van der Waals surface area contributed by atoms with Gasteiger partial charge in [-0.1, -0.05) is 24.3 Å². The van der Waals surface area contributed by atoms with Crippen molar-refractivity contribution < 1.29 is 14.3 Å². The first kappa shape index (κ1) is 20.4. The maximum atomic E-state index is 12.6. The van der Waals surface area contributed by atoms with Crippen LogP contribution in [0, 0.1) is 11.8 Å². The normalized spacial score (nSPS) is 29.1. The molecule has 158 valence electrons. The van der Waals surface area contributed by atoms with Crippen LogP contribution in [0.2, 0.25) is 0 Å². The summed E-state index contributed by atoms with van der Waals surface area (Å²) in [4.78, 5) is 25.0. The van der Waals surface area contributed by atoms with E-state index in [2.05, 4.69) is 28.1 Å². The first-order valence-electron chi connectivity index (χ1n) is 11.2. The lowest BCUT2D eigenvalue weighted by molar-refractivity contribution is -0.127. The van der Waals surface area contributed by atoms with Crippen molar-refractivity contribution in [3.05, 3.63) is 35.4 Å². The van der Waals surface area contributed by atoms with Gasteiger partial charge in [0.2, 0.25) is 11.8 Å². The smallest absolute Gasteiger partial charge is 0.237 e. The van der Waals surface area contributed by atoms with Crippen LogP contribution < -0.4 is 16.0 Å². The Kier molecular flexibility index (Phi) is 6.82. The Hall–Kier alpha value is -1.92. The topological polar surface area (TPSA) is 79.5 Å². The highest BCUT2D eigenvalue weighted by molar-refractivity contribution is 5.82. The third-order valence-corrected chi connectivity index (χ3v) is 6.71. The second-order valence-corrected chi connectivity index (χ2v) is 8.75. The minimum absolute atomic E-state index is 0.0935. The second-order valence-electron chi connectivity index (χ2n) is 8.75. The minimum Gasteiger partial charge on any atom is -0.376 e. The van der Waals surface area contributed by atoms with Gasteiger partial charge in [0.1, 0.15) is 0 Å². The van der Waals surface area contributed by atoms with Crippen LogP contribution in [0.5, 0.6) is 0 Å². The lowest BCUT2D eigenvalue weighted by Gasteiger charge is -2.29. The third-order valence-electron chi connectivity index (χ3n) is 6.71. The Labute approximate surface area is 173 Å². The summed E-state index contributed by atoms with van der Waals surface area (Å²) in [7, 11) is 0. The molecule has 4 rings (SSSR count). The summed E-state index contributed by atoms with van der Waals surface area (Å²) in [5, 5.41) is 9.56. The van der Waals surface area contributed by atoms with Crippen LogP contribution in [0.25, 0.3) is 0 Å². The van der Waals surface area contributed by atoms with E-state index < -0.39 is 0 Å². The first-order chi connectivity index (χ1) is 14.2. The Bertz CT molecular complexity index is 709. The molecular weight excluding hydrogens is 366 g/mol. The molecule has 29 heavy (non-hydrogen) atoms. The monoisotopic (exact) mass is 399 g/mol. The first-order valence-corrected chi connectivity index (χ1v) is 11.2. The molecule has 0 bridgehead atoms. The highest BCUT2D eigenvalue weighted by atomic mass is 16.5. The predicted octanol–water partition coefficient (Wildman–Crippen LogP) is 1.92. The van der Waals surface area contributed by atoms with Crippen LogP contribution in [-0.2, 0) is 27.3 Å². The van der Waals surface area contributed by atoms with Gasteiger partial charge in [-0.05, 0) is 62.0 Å². The molecule has 2 fully saturated rings. The summed E-state index contributed by atoms with van der Waals surface area (Å²) < 4.78 is 5.57. The average Bonchev–Trinajstić information content (AvgIpc) is 3.29. The Morgan fingerprint density at radius 2 is 1.72 bits per heavy atom. The number of fused-ring (bicyclic) bond motifs is 1. The highest BCUT2D eigenvalue weighted by Crippen LogP contribution is 2.28. The van der Waals surface area contributed by atoms with Crippen molar-refractivity contribution in [2.24, 2.45) is 11.8 Å². The molecule has 3 aliphatic rings. The van der Waals surface area contributed by atoms with Crippen molar-refractivity contribution in [2.75, 3.05) is 19.7 Å². The highest BCUT2D eigenvalue weighted by Gasteiger charge is 2.29. The predicted molar refractivity (Wildman–Crippen MR) is 111 cm³/mol. The molecule has 0 radical (unpaired) electrons. The number of hydrogen-bond donors (Lipinski definition) is 3. The van der Waals surface area contributed by atoms with Gasteiger partial charge in [-0.15, -0.1) is 0 Å². The number of ether oxygens (including phenoxy) is 1. The van der Waals surface area contributed by atoms with E-state index in [1.165, 1.54) is 11.1 Å². The Morgan fingerprint density at radius 3 is 2.48 bits per heavy atom. The van der Waals surface area contributed by atoms with Gasteiger partial charge in [0.05, 0.1) is 12.1 Å². The fourth-order valence-corrected chi connectivity index (χ4v) is 4.80.